The molecule has 21 heavy (non-hydrogen) atoms. The molecule has 2 amide bonds. The zero-order chi connectivity index (χ0) is 15.1. The van der Waals surface area contributed by atoms with Crippen LogP contribution in [0.15, 0.2) is 35.5 Å². The maximum Gasteiger partial charge on any atom is 0.327 e. The Kier molecular flexibility index (Phi) is 5.78. The summed E-state index contributed by atoms with van der Waals surface area (Å²) in [5.74, 6) is 0. The maximum absolute atomic E-state index is 12.2. The van der Waals surface area contributed by atoms with Crippen molar-refractivity contribution in [1.82, 2.24) is 4.90 Å². The van der Waals surface area contributed by atoms with Crippen LogP contribution in [0.3, 0.4) is 0 Å². The number of benzene rings is 1. The average Bonchev–Trinajstić information content (AvgIpc) is 2.50. The number of urea groups is 1. The normalized spacial score (nSPS) is 13.5. The van der Waals surface area contributed by atoms with Crippen LogP contribution in [-0.2, 0) is 6.42 Å². The third-order valence-electron chi connectivity index (χ3n) is 3.12. The Morgan fingerprint density at radius 3 is 3.00 bits per heavy atom. The van der Waals surface area contributed by atoms with Gasteiger partial charge in [0, 0.05) is 29.7 Å². The van der Waals surface area contributed by atoms with Crippen LogP contribution >= 0.6 is 11.6 Å². The van der Waals surface area contributed by atoms with Gasteiger partial charge in [-0.2, -0.15) is 0 Å². The van der Waals surface area contributed by atoms with Gasteiger partial charge in [0.2, 0.25) is 0 Å². The number of aryl methyl sites for hydroxylation is 1. The minimum Gasteiger partial charge on any atom is -0.396 e. The SMILES string of the molecule is O=C(Nc1cc(Cl)ccc1CCCCO)N1C=CC=NC1. The number of amides is 2. The molecule has 0 bridgehead atoms. The molecule has 1 aromatic rings. The van der Waals surface area contributed by atoms with Gasteiger partial charge in [-0.25, -0.2) is 4.79 Å². The van der Waals surface area contributed by atoms with Crippen molar-refractivity contribution in [3.8, 4) is 0 Å². The molecule has 0 saturated carbocycles. The molecule has 1 aliphatic heterocycles. The van der Waals surface area contributed by atoms with E-state index in [9.17, 15) is 4.79 Å². The summed E-state index contributed by atoms with van der Waals surface area (Å²) in [7, 11) is 0. The van der Waals surface area contributed by atoms with Crippen LogP contribution < -0.4 is 5.32 Å². The van der Waals surface area contributed by atoms with Gasteiger partial charge in [0.25, 0.3) is 0 Å². The van der Waals surface area contributed by atoms with E-state index in [0.29, 0.717) is 17.4 Å². The van der Waals surface area contributed by atoms with Gasteiger partial charge >= 0.3 is 6.03 Å². The highest BCUT2D eigenvalue weighted by molar-refractivity contribution is 6.31. The molecular formula is C15H18ClN3O2. The zero-order valence-corrected chi connectivity index (χ0v) is 12.4. The zero-order valence-electron chi connectivity index (χ0n) is 11.6. The molecule has 5 nitrogen and oxygen atoms in total. The molecule has 2 rings (SSSR count). The molecule has 0 aromatic heterocycles. The summed E-state index contributed by atoms with van der Waals surface area (Å²) < 4.78 is 0. The maximum atomic E-state index is 12.2. The largest absolute Gasteiger partial charge is 0.396 e. The third kappa shape index (κ3) is 4.58. The van der Waals surface area contributed by atoms with E-state index < -0.39 is 0 Å². The van der Waals surface area contributed by atoms with Gasteiger partial charge in [-0.15, -0.1) is 0 Å². The summed E-state index contributed by atoms with van der Waals surface area (Å²) in [5.41, 5.74) is 1.71. The van der Waals surface area contributed by atoms with Crippen molar-refractivity contribution in [3.63, 3.8) is 0 Å². The summed E-state index contributed by atoms with van der Waals surface area (Å²) in [5, 5.41) is 12.3. The van der Waals surface area contributed by atoms with E-state index in [4.69, 9.17) is 16.7 Å². The van der Waals surface area contributed by atoms with Crippen molar-refractivity contribution in [2.75, 3.05) is 18.6 Å². The summed E-state index contributed by atoms with van der Waals surface area (Å²) in [6, 6.07) is 5.20. The Morgan fingerprint density at radius 1 is 1.43 bits per heavy atom. The summed E-state index contributed by atoms with van der Waals surface area (Å²) in [6.45, 7) is 0.481. The average molecular weight is 308 g/mol. The first kappa shape index (κ1) is 15.5. The standard InChI is InChI=1S/C15H18ClN3O2/c16-13-6-5-12(4-1-2-9-20)14(10-13)18-15(21)19-8-3-7-17-11-19/h3,5-8,10,20H,1-2,4,9,11H2,(H,18,21). The van der Waals surface area contributed by atoms with Gasteiger partial charge in [0.05, 0.1) is 0 Å². The van der Waals surface area contributed by atoms with Gasteiger partial charge in [0.1, 0.15) is 6.67 Å². The van der Waals surface area contributed by atoms with E-state index in [1.54, 1.807) is 30.6 Å². The second-order valence-electron chi connectivity index (χ2n) is 4.70. The molecule has 1 heterocycles. The lowest BCUT2D eigenvalue weighted by molar-refractivity contribution is 0.229. The molecule has 0 spiro atoms. The van der Waals surface area contributed by atoms with Gasteiger partial charge < -0.3 is 10.4 Å². The molecule has 2 N–H and O–H groups in total. The number of rotatable bonds is 5. The van der Waals surface area contributed by atoms with Crippen LogP contribution in [0.4, 0.5) is 10.5 Å². The minimum absolute atomic E-state index is 0.172. The van der Waals surface area contributed by atoms with Crippen LogP contribution in [0.1, 0.15) is 18.4 Å². The molecule has 1 aromatic carbocycles. The fourth-order valence-corrected chi connectivity index (χ4v) is 2.19. The van der Waals surface area contributed by atoms with E-state index in [-0.39, 0.29) is 12.6 Å². The van der Waals surface area contributed by atoms with Crippen LogP contribution in [0.5, 0.6) is 0 Å². The Morgan fingerprint density at radius 2 is 2.29 bits per heavy atom. The van der Waals surface area contributed by atoms with Crippen LogP contribution in [0.2, 0.25) is 5.02 Å². The van der Waals surface area contributed by atoms with Gasteiger partial charge in [-0.05, 0) is 43.0 Å². The molecule has 0 fully saturated rings. The molecule has 0 unspecified atom stereocenters. The Bertz CT molecular complexity index is 558. The first-order valence-electron chi connectivity index (χ1n) is 6.84. The number of anilines is 1. The Hall–Kier alpha value is -1.85. The fraction of sp³-hybridized carbons (Fsp3) is 0.333. The molecule has 6 heteroatoms. The van der Waals surface area contributed by atoms with Crippen molar-refractivity contribution in [2.24, 2.45) is 4.99 Å². The number of nitrogens with one attached hydrogen (secondary N) is 1. The number of hydrogen-bond acceptors (Lipinski definition) is 3. The summed E-state index contributed by atoms with van der Waals surface area (Å²) >= 11 is 6.00. The van der Waals surface area contributed by atoms with Crippen LogP contribution in [0.25, 0.3) is 0 Å². The number of nitrogens with zero attached hydrogens (tertiary/aromatic N) is 2. The molecule has 0 radical (unpaired) electrons. The van der Waals surface area contributed by atoms with E-state index in [1.165, 1.54) is 4.90 Å². The number of aliphatic hydroxyl groups is 1. The van der Waals surface area contributed by atoms with Crippen LogP contribution in [0, 0.1) is 0 Å². The first-order chi connectivity index (χ1) is 10.2. The fourth-order valence-electron chi connectivity index (χ4n) is 2.01. The lowest BCUT2D eigenvalue weighted by Crippen LogP contribution is -2.32. The topological polar surface area (TPSA) is 64.9 Å². The monoisotopic (exact) mass is 307 g/mol. The second kappa shape index (κ2) is 7.81. The number of allylic oxidation sites excluding steroid dienone is 1. The Labute approximate surface area is 128 Å². The molecule has 0 atom stereocenters. The van der Waals surface area contributed by atoms with Gasteiger partial charge in [-0.1, -0.05) is 17.7 Å². The Balaban J connectivity index is 2.06. The molecule has 112 valence electrons. The smallest absolute Gasteiger partial charge is 0.327 e. The van der Waals surface area contributed by atoms with E-state index in [2.05, 4.69) is 10.3 Å². The van der Waals surface area contributed by atoms with Crippen molar-refractivity contribution in [2.45, 2.75) is 19.3 Å². The second-order valence-corrected chi connectivity index (χ2v) is 5.13. The van der Waals surface area contributed by atoms with Crippen molar-refractivity contribution < 1.29 is 9.90 Å². The van der Waals surface area contributed by atoms with Gasteiger partial charge in [0.15, 0.2) is 0 Å². The van der Waals surface area contributed by atoms with Crippen LogP contribution in [-0.4, -0.2) is 35.5 Å². The van der Waals surface area contributed by atoms with Crippen molar-refractivity contribution in [1.29, 1.82) is 0 Å². The quantitative estimate of drug-likeness (QED) is 0.821. The number of unbranched alkanes of at least 4 members (excludes halogenated alkanes) is 1. The molecule has 0 saturated heterocycles. The number of carbonyl (C=O) groups excluding carboxylic acids is 1. The highest BCUT2D eigenvalue weighted by Crippen LogP contribution is 2.23. The molecule has 0 aliphatic carbocycles. The lowest BCUT2D eigenvalue weighted by atomic mass is 10.1. The summed E-state index contributed by atoms with van der Waals surface area (Å²) in [4.78, 5) is 17.7. The molecule has 1 aliphatic rings. The van der Waals surface area contributed by atoms with E-state index in [1.807, 2.05) is 6.07 Å². The van der Waals surface area contributed by atoms with Crippen molar-refractivity contribution in [3.05, 3.63) is 41.1 Å². The number of hydrogen-bond donors (Lipinski definition) is 2. The highest BCUT2D eigenvalue weighted by atomic mass is 35.5. The molecular weight excluding hydrogens is 290 g/mol. The number of carbonyl (C=O) groups is 1. The summed E-state index contributed by atoms with van der Waals surface area (Å²) in [6.07, 6.45) is 7.42. The number of aliphatic imine (C=N–C) groups is 1. The van der Waals surface area contributed by atoms with E-state index in [0.717, 1.165) is 24.8 Å². The van der Waals surface area contributed by atoms with Crippen molar-refractivity contribution >= 4 is 29.5 Å². The first-order valence-corrected chi connectivity index (χ1v) is 7.22. The highest BCUT2D eigenvalue weighted by Gasteiger charge is 2.13. The minimum atomic E-state index is -0.242. The third-order valence-corrected chi connectivity index (χ3v) is 3.36. The van der Waals surface area contributed by atoms with E-state index >= 15 is 0 Å². The van der Waals surface area contributed by atoms with Gasteiger partial charge in [-0.3, -0.25) is 9.89 Å². The number of halogens is 1. The lowest BCUT2D eigenvalue weighted by Gasteiger charge is -2.20. The number of aliphatic hydroxyl groups excluding tert-OH is 1. The predicted octanol–water partition coefficient (Wildman–Crippen LogP) is 3.04. The predicted molar refractivity (Wildman–Crippen MR) is 84.8 cm³/mol.